The number of hydrogen-bond donors (Lipinski definition) is 0. The highest BCUT2D eigenvalue weighted by Gasteiger charge is 2.32. The molecule has 1 amide bonds. The molecule has 0 N–H and O–H groups in total. The van der Waals surface area contributed by atoms with Crippen molar-refractivity contribution in [1.29, 1.82) is 5.26 Å². The molecule has 1 heterocycles. The van der Waals surface area contributed by atoms with Crippen LogP contribution in [0.25, 0.3) is 0 Å². The number of nitriles is 1. The standard InChI is InChI=1S/C24H20FN3O3S/c25-22-13-5-8-19-9-6-14-27(24(19)22)23(29)17-28(20-10-2-1-3-11-20)32(30,31)21-12-4-7-18(15-21)16-26/h1-5,7-8,10-13,15H,6,9,14,17H2. The molecule has 0 bridgehead atoms. The maximum atomic E-state index is 14.6. The van der Waals surface area contributed by atoms with E-state index in [1.165, 1.54) is 35.2 Å². The van der Waals surface area contributed by atoms with Gasteiger partial charge in [-0.2, -0.15) is 5.26 Å². The second-order valence-corrected chi connectivity index (χ2v) is 9.25. The highest BCUT2D eigenvalue weighted by atomic mass is 32.2. The van der Waals surface area contributed by atoms with Gasteiger partial charge in [-0.05, 0) is 54.8 Å². The summed E-state index contributed by atoms with van der Waals surface area (Å²) in [6.07, 6.45) is 1.31. The van der Waals surface area contributed by atoms with Crippen molar-refractivity contribution < 1.29 is 17.6 Å². The van der Waals surface area contributed by atoms with E-state index < -0.39 is 28.3 Å². The van der Waals surface area contributed by atoms with Gasteiger partial charge < -0.3 is 4.90 Å². The van der Waals surface area contributed by atoms with Crippen LogP contribution in [0.5, 0.6) is 0 Å². The molecule has 8 heteroatoms. The van der Waals surface area contributed by atoms with Gasteiger partial charge in [-0.1, -0.05) is 36.4 Å². The van der Waals surface area contributed by atoms with Crippen LogP contribution in [0, 0.1) is 17.1 Å². The average molecular weight is 450 g/mol. The molecule has 162 valence electrons. The van der Waals surface area contributed by atoms with Gasteiger partial charge >= 0.3 is 0 Å². The lowest BCUT2D eigenvalue weighted by atomic mass is 10.0. The molecule has 0 atom stereocenters. The monoisotopic (exact) mass is 449 g/mol. The molecule has 0 fully saturated rings. The Kier molecular flexibility index (Phi) is 5.93. The fourth-order valence-corrected chi connectivity index (χ4v) is 5.28. The Hall–Kier alpha value is -3.70. The third kappa shape index (κ3) is 4.07. The van der Waals surface area contributed by atoms with E-state index in [0.29, 0.717) is 25.1 Å². The molecule has 0 radical (unpaired) electrons. The quantitative estimate of drug-likeness (QED) is 0.592. The second kappa shape index (κ2) is 8.81. The number of para-hydroxylation sites is 2. The second-order valence-electron chi connectivity index (χ2n) is 7.38. The van der Waals surface area contributed by atoms with Gasteiger partial charge in [-0.3, -0.25) is 9.10 Å². The fraction of sp³-hybridized carbons (Fsp3) is 0.167. The minimum atomic E-state index is -4.17. The molecule has 0 saturated heterocycles. The van der Waals surface area contributed by atoms with Gasteiger partial charge in [0.05, 0.1) is 27.9 Å². The topological polar surface area (TPSA) is 81.5 Å². The molecule has 32 heavy (non-hydrogen) atoms. The smallest absolute Gasteiger partial charge is 0.264 e. The average Bonchev–Trinajstić information content (AvgIpc) is 2.82. The van der Waals surface area contributed by atoms with Crippen LogP contribution < -0.4 is 9.21 Å². The SMILES string of the molecule is N#Cc1cccc(S(=O)(=O)N(CC(=O)N2CCCc3cccc(F)c32)c2ccccc2)c1. The summed E-state index contributed by atoms with van der Waals surface area (Å²) in [6.45, 7) is -0.198. The Morgan fingerprint density at radius 1 is 1.06 bits per heavy atom. The van der Waals surface area contributed by atoms with Crippen molar-refractivity contribution in [2.24, 2.45) is 0 Å². The zero-order chi connectivity index (χ0) is 22.7. The van der Waals surface area contributed by atoms with Gasteiger partial charge in [0, 0.05) is 6.54 Å². The first-order chi connectivity index (χ1) is 15.4. The number of sulfonamides is 1. The Bertz CT molecular complexity index is 1300. The van der Waals surface area contributed by atoms with Crippen LogP contribution in [0.1, 0.15) is 17.5 Å². The molecule has 4 rings (SSSR count). The Balaban J connectivity index is 1.74. The molecule has 0 aliphatic carbocycles. The first kappa shape index (κ1) is 21.5. The number of carbonyl (C=O) groups excluding carboxylic acids is 1. The van der Waals surface area contributed by atoms with Crippen molar-refractivity contribution in [2.45, 2.75) is 17.7 Å². The molecule has 6 nitrogen and oxygen atoms in total. The number of carbonyl (C=O) groups is 1. The predicted octanol–water partition coefficient (Wildman–Crippen LogP) is 3.87. The molecule has 0 aromatic heterocycles. The van der Waals surface area contributed by atoms with Crippen molar-refractivity contribution in [3.05, 3.63) is 89.7 Å². The number of fused-ring (bicyclic) bond motifs is 1. The third-order valence-electron chi connectivity index (χ3n) is 5.34. The zero-order valence-corrected chi connectivity index (χ0v) is 17.9. The summed E-state index contributed by atoms with van der Waals surface area (Å²) >= 11 is 0. The van der Waals surface area contributed by atoms with E-state index >= 15 is 0 Å². The highest BCUT2D eigenvalue weighted by Crippen LogP contribution is 2.31. The van der Waals surface area contributed by atoms with Gasteiger partial charge in [-0.25, -0.2) is 12.8 Å². The van der Waals surface area contributed by atoms with E-state index in [2.05, 4.69) is 0 Å². The number of halogens is 1. The van der Waals surface area contributed by atoms with Crippen molar-refractivity contribution in [3.8, 4) is 6.07 Å². The van der Waals surface area contributed by atoms with Crippen LogP contribution >= 0.6 is 0 Å². The number of anilines is 2. The summed E-state index contributed by atoms with van der Waals surface area (Å²) in [5.74, 6) is -1.04. The number of rotatable bonds is 5. The molecule has 0 saturated carbocycles. The summed E-state index contributed by atoms with van der Waals surface area (Å²) in [4.78, 5) is 14.5. The Labute approximate surface area is 186 Å². The molecule has 3 aromatic carbocycles. The first-order valence-corrected chi connectivity index (χ1v) is 11.5. The maximum absolute atomic E-state index is 14.6. The van der Waals surface area contributed by atoms with Gasteiger partial charge in [0.25, 0.3) is 10.0 Å². The molecular weight excluding hydrogens is 429 g/mol. The molecule has 1 aliphatic rings. The lowest BCUT2D eigenvalue weighted by Crippen LogP contribution is -2.45. The van der Waals surface area contributed by atoms with E-state index in [9.17, 15) is 17.6 Å². The number of hydrogen-bond acceptors (Lipinski definition) is 4. The number of amides is 1. The van der Waals surface area contributed by atoms with E-state index in [1.54, 1.807) is 42.5 Å². The first-order valence-electron chi connectivity index (χ1n) is 10.1. The van der Waals surface area contributed by atoms with E-state index in [-0.39, 0.29) is 16.1 Å². The molecule has 3 aromatic rings. The lowest BCUT2D eigenvalue weighted by Gasteiger charge is -2.32. The third-order valence-corrected chi connectivity index (χ3v) is 7.11. The van der Waals surface area contributed by atoms with Crippen molar-refractivity contribution >= 4 is 27.3 Å². The van der Waals surface area contributed by atoms with Gasteiger partial charge in [0.1, 0.15) is 12.4 Å². The Morgan fingerprint density at radius 2 is 1.81 bits per heavy atom. The van der Waals surface area contributed by atoms with Crippen LogP contribution in [-0.2, 0) is 21.2 Å². The van der Waals surface area contributed by atoms with Crippen LogP contribution in [-0.4, -0.2) is 27.4 Å². The summed E-state index contributed by atoms with van der Waals surface area (Å²) in [5.41, 5.74) is 1.42. The summed E-state index contributed by atoms with van der Waals surface area (Å²) < 4.78 is 42.6. The zero-order valence-electron chi connectivity index (χ0n) is 17.1. The predicted molar refractivity (Wildman–Crippen MR) is 119 cm³/mol. The minimum absolute atomic E-state index is 0.0987. The summed E-state index contributed by atoms with van der Waals surface area (Å²) in [5, 5.41) is 9.16. The fourth-order valence-electron chi connectivity index (χ4n) is 3.82. The van der Waals surface area contributed by atoms with Gasteiger partial charge in [0.2, 0.25) is 5.91 Å². The normalized spacial score (nSPS) is 13.2. The molecule has 0 spiro atoms. The summed E-state index contributed by atoms with van der Waals surface area (Å²) in [6, 6.07) is 20.5. The molecule has 1 aliphatic heterocycles. The Morgan fingerprint density at radius 3 is 2.56 bits per heavy atom. The van der Waals surface area contributed by atoms with Crippen molar-refractivity contribution in [2.75, 3.05) is 22.3 Å². The van der Waals surface area contributed by atoms with Crippen LogP contribution in [0.4, 0.5) is 15.8 Å². The minimum Gasteiger partial charge on any atom is -0.308 e. The van der Waals surface area contributed by atoms with E-state index in [4.69, 9.17) is 5.26 Å². The number of nitrogens with zero attached hydrogens (tertiary/aromatic N) is 3. The molecular formula is C24H20FN3O3S. The van der Waals surface area contributed by atoms with Crippen LogP contribution in [0.3, 0.4) is 0 Å². The van der Waals surface area contributed by atoms with Gasteiger partial charge in [-0.15, -0.1) is 0 Å². The molecule has 0 unspecified atom stereocenters. The van der Waals surface area contributed by atoms with Crippen LogP contribution in [0.2, 0.25) is 0 Å². The lowest BCUT2D eigenvalue weighted by molar-refractivity contribution is -0.117. The number of aryl methyl sites for hydroxylation is 1. The maximum Gasteiger partial charge on any atom is 0.264 e. The van der Waals surface area contributed by atoms with Gasteiger partial charge in [0.15, 0.2) is 0 Å². The summed E-state index contributed by atoms with van der Waals surface area (Å²) in [7, 11) is -4.17. The van der Waals surface area contributed by atoms with Crippen LogP contribution in [0.15, 0.2) is 77.7 Å². The number of benzene rings is 3. The largest absolute Gasteiger partial charge is 0.308 e. The van der Waals surface area contributed by atoms with Crippen molar-refractivity contribution in [3.63, 3.8) is 0 Å². The van der Waals surface area contributed by atoms with E-state index in [0.717, 1.165) is 9.87 Å². The highest BCUT2D eigenvalue weighted by molar-refractivity contribution is 7.92. The van der Waals surface area contributed by atoms with Crippen molar-refractivity contribution in [1.82, 2.24) is 0 Å². The van der Waals surface area contributed by atoms with E-state index in [1.807, 2.05) is 6.07 Å².